The number of hydrogen-bond acceptors (Lipinski definition) is 3. The van der Waals surface area contributed by atoms with E-state index in [2.05, 4.69) is 42.8 Å². The summed E-state index contributed by atoms with van der Waals surface area (Å²) >= 11 is 0. The van der Waals surface area contributed by atoms with Crippen molar-refractivity contribution in [2.45, 2.75) is 40.7 Å². The van der Waals surface area contributed by atoms with Crippen molar-refractivity contribution in [3.63, 3.8) is 0 Å². The quantitative estimate of drug-likeness (QED) is 0.720. The lowest BCUT2D eigenvalue weighted by atomic mass is 10.1. The maximum atomic E-state index is 5.10. The summed E-state index contributed by atoms with van der Waals surface area (Å²) < 4.78 is 7.15. The zero-order chi connectivity index (χ0) is 13.5. The summed E-state index contributed by atoms with van der Waals surface area (Å²) in [5.41, 5.74) is 3.80. The van der Waals surface area contributed by atoms with Gasteiger partial charge < -0.3 is 10.1 Å². The number of ether oxygens (including phenoxy) is 1. The molecule has 1 N–H and O–H groups in total. The molecule has 0 fully saturated rings. The molecule has 0 aliphatic heterocycles. The van der Waals surface area contributed by atoms with Crippen LogP contribution in [0, 0.1) is 19.8 Å². The van der Waals surface area contributed by atoms with Crippen LogP contribution in [0.3, 0.4) is 0 Å². The van der Waals surface area contributed by atoms with E-state index >= 15 is 0 Å². The summed E-state index contributed by atoms with van der Waals surface area (Å²) in [6, 6.07) is 0. The molecule has 0 bridgehead atoms. The first-order valence-electron chi connectivity index (χ1n) is 6.78. The van der Waals surface area contributed by atoms with Crippen LogP contribution in [0.1, 0.15) is 30.8 Å². The van der Waals surface area contributed by atoms with Crippen LogP contribution in [0.25, 0.3) is 0 Å². The Morgan fingerprint density at radius 2 is 2.06 bits per heavy atom. The topological polar surface area (TPSA) is 39.1 Å². The zero-order valence-electron chi connectivity index (χ0n) is 12.4. The van der Waals surface area contributed by atoms with Gasteiger partial charge in [0.15, 0.2) is 0 Å². The minimum atomic E-state index is 0.705. The molecule has 1 aromatic rings. The van der Waals surface area contributed by atoms with Crippen molar-refractivity contribution in [1.82, 2.24) is 15.1 Å². The van der Waals surface area contributed by atoms with Gasteiger partial charge in [-0.25, -0.2) is 0 Å². The second-order valence-electron chi connectivity index (χ2n) is 5.21. The molecule has 104 valence electrons. The molecular formula is C14H27N3O. The van der Waals surface area contributed by atoms with Gasteiger partial charge in [-0.3, -0.25) is 4.68 Å². The Hall–Kier alpha value is -0.870. The number of rotatable bonds is 8. The van der Waals surface area contributed by atoms with Gasteiger partial charge in [-0.05, 0) is 44.8 Å². The minimum Gasteiger partial charge on any atom is -0.383 e. The molecule has 1 rings (SSSR count). The molecule has 0 atom stereocenters. The molecule has 1 heterocycles. The van der Waals surface area contributed by atoms with Gasteiger partial charge in [0.1, 0.15) is 0 Å². The van der Waals surface area contributed by atoms with E-state index < -0.39 is 0 Å². The van der Waals surface area contributed by atoms with Crippen molar-refractivity contribution in [1.29, 1.82) is 0 Å². The molecule has 18 heavy (non-hydrogen) atoms. The average Bonchev–Trinajstić information content (AvgIpc) is 2.58. The van der Waals surface area contributed by atoms with Crippen LogP contribution in [0.2, 0.25) is 0 Å². The summed E-state index contributed by atoms with van der Waals surface area (Å²) in [6.07, 6.45) is 1.05. The number of nitrogens with one attached hydrogen (secondary N) is 1. The van der Waals surface area contributed by atoms with Gasteiger partial charge in [0.25, 0.3) is 0 Å². The predicted molar refractivity (Wildman–Crippen MR) is 75.0 cm³/mol. The normalized spacial score (nSPS) is 11.4. The van der Waals surface area contributed by atoms with Gasteiger partial charge in [0, 0.05) is 12.8 Å². The van der Waals surface area contributed by atoms with E-state index in [9.17, 15) is 0 Å². The first-order valence-corrected chi connectivity index (χ1v) is 6.78. The first-order chi connectivity index (χ1) is 8.56. The van der Waals surface area contributed by atoms with Crippen molar-refractivity contribution in [2.24, 2.45) is 5.92 Å². The monoisotopic (exact) mass is 253 g/mol. The number of methoxy groups -OCH3 is 1. The predicted octanol–water partition coefficient (Wildman–Crippen LogP) is 1.93. The Balaban J connectivity index is 2.51. The second kappa shape index (κ2) is 7.54. The molecule has 0 aliphatic rings. The molecular weight excluding hydrogens is 226 g/mol. The SMILES string of the molecule is COCCn1nc(C)c(CCNCC(C)C)c1C. The lowest BCUT2D eigenvalue weighted by molar-refractivity contribution is 0.182. The van der Waals surface area contributed by atoms with E-state index in [0.29, 0.717) is 12.5 Å². The smallest absolute Gasteiger partial charge is 0.0658 e. The molecule has 0 unspecified atom stereocenters. The van der Waals surface area contributed by atoms with E-state index in [1.807, 2.05) is 0 Å². The third kappa shape index (κ3) is 4.42. The zero-order valence-corrected chi connectivity index (χ0v) is 12.4. The van der Waals surface area contributed by atoms with Crippen molar-refractivity contribution in [2.75, 3.05) is 26.8 Å². The highest BCUT2D eigenvalue weighted by molar-refractivity contribution is 5.24. The Morgan fingerprint density at radius 1 is 1.33 bits per heavy atom. The van der Waals surface area contributed by atoms with Crippen LogP contribution in [0.5, 0.6) is 0 Å². The molecule has 0 aliphatic carbocycles. The van der Waals surface area contributed by atoms with E-state index in [0.717, 1.165) is 31.7 Å². The van der Waals surface area contributed by atoms with Gasteiger partial charge in [-0.1, -0.05) is 13.8 Å². The Kier molecular flexibility index (Phi) is 6.36. The Labute approximate surface area is 111 Å². The summed E-state index contributed by atoms with van der Waals surface area (Å²) in [5, 5.41) is 8.05. The molecule has 0 amide bonds. The molecule has 0 spiro atoms. The molecule has 0 aromatic carbocycles. The van der Waals surface area contributed by atoms with Crippen LogP contribution in [-0.2, 0) is 17.7 Å². The fourth-order valence-electron chi connectivity index (χ4n) is 2.10. The fourth-order valence-corrected chi connectivity index (χ4v) is 2.10. The summed E-state index contributed by atoms with van der Waals surface area (Å²) in [5.74, 6) is 0.705. The summed E-state index contributed by atoms with van der Waals surface area (Å²) in [6.45, 7) is 12.3. The van der Waals surface area contributed by atoms with E-state index in [-0.39, 0.29) is 0 Å². The van der Waals surface area contributed by atoms with E-state index in [4.69, 9.17) is 4.74 Å². The van der Waals surface area contributed by atoms with Gasteiger partial charge in [0.2, 0.25) is 0 Å². The van der Waals surface area contributed by atoms with E-state index in [1.54, 1.807) is 7.11 Å². The Morgan fingerprint density at radius 3 is 2.67 bits per heavy atom. The highest BCUT2D eigenvalue weighted by Gasteiger charge is 2.10. The van der Waals surface area contributed by atoms with Gasteiger partial charge in [0.05, 0.1) is 18.8 Å². The van der Waals surface area contributed by atoms with Crippen molar-refractivity contribution in [3.8, 4) is 0 Å². The second-order valence-corrected chi connectivity index (χ2v) is 5.21. The standard InChI is InChI=1S/C14H27N3O/c1-11(2)10-15-7-6-14-12(3)16-17(13(14)4)8-9-18-5/h11,15H,6-10H2,1-5H3. The maximum Gasteiger partial charge on any atom is 0.0658 e. The third-order valence-electron chi connectivity index (χ3n) is 3.14. The number of aryl methyl sites for hydroxylation is 1. The number of hydrogen-bond donors (Lipinski definition) is 1. The molecule has 0 saturated carbocycles. The molecule has 4 heteroatoms. The molecule has 1 aromatic heterocycles. The Bertz CT molecular complexity index is 358. The van der Waals surface area contributed by atoms with Crippen molar-refractivity contribution in [3.05, 3.63) is 17.0 Å². The molecule has 0 radical (unpaired) electrons. The molecule has 0 saturated heterocycles. The lowest BCUT2D eigenvalue weighted by Crippen LogP contribution is -2.22. The molecule has 4 nitrogen and oxygen atoms in total. The highest BCUT2D eigenvalue weighted by Crippen LogP contribution is 2.13. The van der Waals surface area contributed by atoms with Crippen LogP contribution in [0.15, 0.2) is 0 Å². The lowest BCUT2D eigenvalue weighted by Gasteiger charge is -2.08. The number of nitrogens with zero attached hydrogens (tertiary/aromatic N) is 2. The van der Waals surface area contributed by atoms with Crippen molar-refractivity contribution < 1.29 is 4.74 Å². The summed E-state index contributed by atoms with van der Waals surface area (Å²) in [7, 11) is 1.72. The number of aromatic nitrogens is 2. The minimum absolute atomic E-state index is 0.705. The highest BCUT2D eigenvalue weighted by atomic mass is 16.5. The van der Waals surface area contributed by atoms with Gasteiger partial charge in [-0.15, -0.1) is 0 Å². The first kappa shape index (κ1) is 15.2. The van der Waals surface area contributed by atoms with Crippen LogP contribution < -0.4 is 5.32 Å². The van der Waals surface area contributed by atoms with Crippen LogP contribution in [-0.4, -0.2) is 36.6 Å². The van der Waals surface area contributed by atoms with Gasteiger partial charge in [-0.2, -0.15) is 5.10 Å². The van der Waals surface area contributed by atoms with Crippen molar-refractivity contribution >= 4 is 0 Å². The fraction of sp³-hybridized carbons (Fsp3) is 0.786. The maximum absolute atomic E-state index is 5.10. The average molecular weight is 253 g/mol. The largest absolute Gasteiger partial charge is 0.383 e. The van der Waals surface area contributed by atoms with Crippen LogP contribution >= 0.6 is 0 Å². The summed E-state index contributed by atoms with van der Waals surface area (Å²) in [4.78, 5) is 0. The van der Waals surface area contributed by atoms with E-state index in [1.165, 1.54) is 11.3 Å². The third-order valence-corrected chi connectivity index (χ3v) is 3.14. The van der Waals surface area contributed by atoms with Gasteiger partial charge >= 0.3 is 0 Å². The van der Waals surface area contributed by atoms with Crippen LogP contribution in [0.4, 0.5) is 0 Å².